The van der Waals surface area contributed by atoms with Crippen molar-refractivity contribution in [1.29, 1.82) is 0 Å². The molecule has 30 heavy (non-hydrogen) atoms. The van der Waals surface area contributed by atoms with E-state index in [0.717, 1.165) is 11.3 Å². The van der Waals surface area contributed by atoms with E-state index >= 15 is 0 Å². The first-order valence-electron chi connectivity index (χ1n) is 9.54. The number of Topliss-reactive ketones (excluding diaryl/α,β-unsaturated/α-hetero) is 1. The Balaban J connectivity index is 1.34. The summed E-state index contributed by atoms with van der Waals surface area (Å²) in [7, 11) is 0. The van der Waals surface area contributed by atoms with Gasteiger partial charge in [0.25, 0.3) is 0 Å². The maximum atomic E-state index is 12.4. The second kappa shape index (κ2) is 8.61. The van der Waals surface area contributed by atoms with E-state index in [9.17, 15) is 14.4 Å². The standard InChI is InChI=1S/C24H19NO5/c26-22(18-8-12-21-17(14-18)9-13-23(27)25-21)15-29-24(28)16-6-10-20(11-7-16)30-19-4-2-1-3-5-19/h1-8,10-12,14H,9,13,15H2,(H,25,27). The molecular formula is C24H19NO5. The Hall–Kier alpha value is -3.93. The number of hydrogen-bond donors (Lipinski definition) is 1. The molecule has 0 fully saturated rings. The molecule has 3 aromatic rings. The first-order chi connectivity index (χ1) is 14.6. The molecule has 150 valence electrons. The number of benzene rings is 3. The van der Waals surface area contributed by atoms with Crippen LogP contribution < -0.4 is 10.1 Å². The summed E-state index contributed by atoms with van der Waals surface area (Å²) in [6, 6.07) is 20.9. The van der Waals surface area contributed by atoms with E-state index in [-0.39, 0.29) is 18.3 Å². The summed E-state index contributed by atoms with van der Waals surface area (Å²) >= 11 is 0. The normalized spacial score (nSPS) is 12.5. The quantitative estimate of drug-likeness (QED) is 0.489. The Labute approximate surface area is 173 Å². The van der Waals surface area contributed by atoms with Crippen LogP contribution in [0.2, 0.25) is 0 Å². The number of hydrogen-bond acceptors (Lipinski definition) is 5. The molecule has 4 rings (SSSR count). The molecule has 0 spiro atoms. The van der Waals surface area contributed by atoms with Crippen molar-refractivity contribution in [2.24, 2.45) is 0 Å². The van der Waals surface area contributed by atoms with Gasteiger partial charge in [-0.3, -0.25) is 9.59 Å². The lowest BCUT2D eigenvalue weighted by molar-refractivity contribution is -0.116. The Morgan fingerprint density at radius 2 is 1.53 bits per heavy atom. The fourth-order valence-corrected chi connectivity index (χ4v) is 3.14. The van der Waals surface area contributed by atoms with E-state index in [1.54, 1.807) is 42.5 Å². The van der Waals surface area contributed by atoms with Gasteiger partial charge < -0.3 is 14.8 Å². The van der Waals surface area contributed by atoms with Crippen LogP contribution in [-0.2, 0) is 16.0 Å². The molecule has 0 bridgehead atoms. The summed E-state index contributed by atoms with van der Waals surface area (Å²) in [5.41, 5.74) is 2.40. The van der Waals surface area contributed by atoms with Gasteiger partial charge in [-0.1, -0.05) is 18.2 Å². The molecule has 3 aromatic carbocycles. The average Bonchev–Trinajstić information content (AvgIpc) is 2.78. The third-order valence-electron chi connectivity index (χ3n) is 4.73. The fourth-order valence-electron chi connectivity index (χ4n) is 3.14. The van der Waals surface area contributed by atoms with Gasteiger partial charge in [0.15, 0.2) is 12.4 Å². The highest BCUT2D eigenvalue weighted by Gasteiger charge is 2.18. The number of esters is 1. The molecule has 0 radical (unpaired) electrons. The van der Waals surface area contributed by atoms with Crippen LogP contribution >= 0.6 is 0 Å². The number of rotatable bonds is 6. The Kier molecular flexibility index (Phi) is 5.57. The summed E-state index contributed by atoms with van der Waals surface area (Å²) in [4.78, 5) is 36.1. The van der Waals surface area contributed by atoms with Crippen molar-refractivity contribution in [1.82, 2.24) is 0 Å². The van der Waals surface area contributed by atoms with Crippen molar-refractivity contribution in [2.45, 2.75) is 12.8 Å². The average molecular weight is 401 g/mol. The van der Waals surface area contributed by atoms with Crippen molar-refractivity contribution in [3.63, 3.8) is 0 Å². The van der Waals surface area contributed by atoms with Gasteiger partial charge in [-0.05, 0) is 66.6 Å². The number of ether oxygens (including phenoxy) is 2. The van der Waals surface area contributed by atoms with Gasteiger partial charge in [-0.2, -0.15) is 0 Å². The Morgan fingerprint density at radius 3 is 2.30 bits per heavy atom. The number of carbonyl (C=O) groups excluding carboxylic acids is 3. The van der Waals surface area contributed by atoms with E-state index in [1.165, 1.54) is 0 Å². The summed E-state index contributed by atoms with van der Waals surface area (Å²) in [6.07, 6.45) is 0.975. The van der Waals surface area contributed by atoms with Crippen LogP contribution in [0.3, 0.4) is 0 Å². The van der Waals surface area contributed by atoms with Gasteiger partial charge in [-0.15, -0.1) is 0 Å². The lowest BCUT2D eigenvalue weighted by atomic mass is 9.99. The third kappa shape index (κ3) is 4.55. The zero-order valence-electron chi connectivity index (χ0n) is 16.1. The fraction of sp³-hybridized carbons (Fsp3) is 0.125. The predicted molar refractivity (Wildman–Crippen MR) is 111 cm³/mol. The lowest BCUT2D eigenvalue weighted by Crippen LogP contribution is -2.20. The van der Waals surface area contributed by atoms with E-state index < -0.39 is 5.97 Å². The van der Waals surface area contributed by atoms with Gasteiger partial charge in [0.2, 0.25) is 5.91 Å². The van der Waals surface area contributed by atoms with Gasteiger partial charge in [0, 0.05) is 17.7 Å². The zero-order chi connectivity index (χ0) is 20.9. The largest absolute Gasteiger partial charge is 0.457 e. The van der Waals surface area contributed by atoms with E-state index in [4.69, 9.17) is 9.47 Å². The Morgan fingerprint density at radius 1 is 0.833 bits per heavy atom. The van der Waals surface area contributed by atoms with Crippen LogP contribution in [0.15, 0.2) is 72.8 Å². The minimum absolute atomic E-state index is 0.0318. The van der Waals surface area contributed by atoms with E-state index in [2.05, 4.69) is 5.32 Å². The van der Waals surface area contributed by atoms with Crippen LogP contribution in [0.5, 0.6) is 11.5 Å². The van der Waals surface area contributed by atoms with Crippen molar-refractivity contribution >= 4 is 23.3 Å². The Bertz CT molecular complexity index is 1090. The highest BCUT2D eigenvalue weighted by molar-refractivity contribution is 6.01. The molecule has 1 N–H and O–H groups in total. The number of para-hydroxylation sites is 1. The van der Waals surface area contributed by atoms with Gasteiger partial charge in [-0.25, -0.2) is 4.79 Å². The third-order valence-corrected chi connectivity index (χ3v) is 4.73. The highest BCUT2D eigenvalue weighted by atomic mass is 16.5. The summed E-state index contributed by atoms with van der Waals surface area (Å²) in [6.45, 7) is -0.355. The molecule has 6 heteroatoms. The van der Waals surface area contributed by atoms with E-state index in [0.29, 0.717) is 35.5 Å². The molecule has 1 heterocycles. The van der Waals surface area contributed by atoms with Crippen LogP contribution in [0.4, 0.5) is 5.69 Å². The number of carbonyl (C=O) groups is 3. The molecule has 6 nitrogen and oxygen atoms in total. The van der Waals surface area contributed by atoms with Crippen molar-refractivity contribution in [2.75, 3.05) is 11.9 Å². The van der Waals surface area contributed by atoms with Crippen molar-refractivity contribution < 1.29 is 23.9 Å². The maximum Gasteiger partial charge on any atom is 0.338 e. The smallest absolute Gasteiger partial charge is 0.338 e. The number of fused-ring (bicyclic) bond motifs is 1. The molecule has 1 aliphatic rings. The maximum absolute atomic E-state index is 12.4. The topological polar surface area (TPSA) is 81.7 Å². The minimum atomic E-state index is -0.583. The monoisotopic (exact) mass is 401 g/mol. The van der Waals surface area contributed by atoms with Crippen LogP contribution in [-0.4, -0.2) is 24.3 Å². The molecule has 1 amide bonds. The van der Waals surface area contributed by atoms with Gasteiger partial charge in [0.1, 0.15) is 11.5 Å². The molecule has 0 atom stereocenters. The van der Waals surface area contributed by atoms with Gasteiger partial charge >= 0.3 is 5.97 Å². The van der Waals surface area contributed by atoms with E-state index in [1.807, 2.05) is 30.3 Å². The second-order valence-electron chi connectivity index (χ2n) is 6.86. The molecule has 0 saturated carbocycles. The highest BCUT2D eigenvalue weighted by Crippen LogP contribution is 2.24. The SMILES string of the molecule is O=C1CCc2cc(C(=O)COC(=O)c3ccc(Oc4ccccc4)cc3)ccc2N1. The van der Waals surface area contributed by atoms with Crippen molar-refractivity contribution in [3.05, 3.63) is 89.5 Å². The van der Waals surface area contributed by atoms with Crippen molar-refractivity contribution in [3.8, 4) is 11.5 Å². The molecule has 1 aliphatic heterocycles. The lowest BCUT2D eigenvalue weighted by Gasteiger charge is -2.17. The number of anilines is 1. The number of aryl methyl sites for hydroxylation is 1. The van der Waals surface area contributed by atoms with Gasteiger partial charge in [0.05, 0.1) is 5.56 Å². The predicted octanol–water partition coefficient (Wildman–Crippen LogP) is 4.40. The van der Waals surface area contributed by atoms with Crippen LogP contribution in [0.25, 0.3) is 0 Å². The number of nitrogens with one attached hydrogen (secondary N) is 1. The number of amides is 1. The summed E-state index contributed by atoms with van der Waals surface area (Å²) in [5, 5.41) is 2.77. The molecule has 0 unspecified atom stereocenters. The summed E-state index contributed by atoms with van der Waals surface area (Å²) < 4.78 is 10.9. The zero-order valence-corrected chi connectivity index (χ0v) is 16.1. The molecular weight excluding hydrogens is 382 g/mol. The second-order valence-corrected chi connectivity index (χ2v) is 6.86. The van der Waals surface area contributed by atoms with Crippen LogP contribution in [0, 0.1) is 0 Å². The molecule has 0 aliphatic carbocycles. The first kappa shape index (κ1) is 19.4. The van der Waals surface area contributed by atoms with Crippen LogP contribution in [0.1, 0.15) is 32.7 Å². The molecule has 0 saturated heterocycles. The first-order valence-corrected chi connectivity index (χ1v) is 9.54. The summed E-state index contributed by atoms with van der Waals surface area (Å²) in [5.74, 6) is 0.376. The molecule has 0 aromatic heterocycles. The number of ketones is 1. The minimum Gasteiger partial charge on any atom is -0.457 e.